The van der Waals surface area contributed by atoms with Crippen LogP contribution >= 0.6 is 22.9 Å². The fraction of sp³-hybridized carbons (Fsp3) is 0.111. The number of carbonyl (C=O) groups is 1. The zero-order valence-corrected chi connectivity index (χ0v) is 14.1. The van der Waals surface area contributed by atoms with Crippen molar-refractivity contribution in [1.82, 2.24) is 9.88 Å². The van der Waals surface area contributed by atoms with E-state index in [1.165, 1.54) is 11.3 Å². The summed E-state index contributed by atoms with van der Waals surface area (Å²) in [6.07, 6.45) is 0. The summed E-state index contributed by atoms with van der Waals surface area (Å²) >= 11 is 7.35. The number of hydrogen-bond donors (Lipinski definition) is 0. The quantitative estimate of drug-likeness (QED) is 0.686. The van der Waals surface area contributed by atoms with Crippen molar-refractivity contribution >= 4 is 28.8 Å². The van der Waals surface area contributed by atoms with Gasteiger partial charge in [-0.15, -0.1) is 11.3 Å². The fourth-order valence-electron chi connectivity index (χ4n) is 2.22. The highest BCUT2D eigenvalue weighted by Gasteiger charge is 2.16. The Morgan fingerprint density at radius 2 is 1.83 bits per heavy atom. The van der Waals surface area contributed by atoms with Gasteiger partial charge < -0.3 is 4.90 Å². The molecular weight excluding hydrogens is 328 g/mol. The standard InChI is InChI=1S/C18H15ClN2OS/c1-21(11-13-5-3-2-4-6-13)18(22)16-12-23-17(20-16)14-7-9-15(19)10-8-14/h2-10,12H,11H2,1H3. The first-order chi connectivity index (χ1) is 11.1. The maximum Gasteiger partial charge on any atom is 0.273 e. The summed E-state index contributed by atoms with van der Waals surface area (Å²) in [6.45, 7) is 0.563. The summed E-state index contributed by atoms with van der Waals surface area (Å²) in [5.74, 6) is -0.0784. The normalized spacial score (nSPS) is 10.5. The van der Waals surface area contributed by atoms with Crippen molar-refractivity contribution in [2.24, 2.45) is 0 Å². The molecule has 3 rings (SSSR count). The van der Waals surface area contributed by atoms with Crippen LogP contribution in [-0.2, 0) is 6.54 Å². The number of aromatic nitrogens is 1. The zero-order valence-electron chi connectivity index (χ0n) is 12.6. The molecule has 1 amide bonds. The fourth-order valence-corrected chi connectivity index (χ4v) is 3.15. The van der Waals surface area contributed by atoms with E-state index in [0.717, 1.165) is 16.1 Å². The van der Waals surface area contributed by atoms with Gasteiger partial charge in [-0.25, -0.2) is 4.98 Å². The Labute approximate surface area is 144 Å². The van der Waals surface area contributed by atoms with Crippen LogP contribution in [0.15, 0.2) is 60.0 Å². The van der Waals surface area contributed by atoms with Crippen LogP contribution in [0.4, 0.5) is 0 Å². The largest absolute Gasteiger partial charge is 0.336 e. The number of amides is 1. The van der Waals surface area contributed by atoms with E-state index >= 15 is 0 Å². The Bertz CT molecular complexity index is 799. The molecule has 0 saturated carbocycles. The van der Waals surface area contributed by atoms with Crippen molar-refractivity contribution in [3.05, 3.63) is 76.3 Å². The summed E-state index contributed by atoms with van der Waals surface area (Å²) in [6, 6.07) is 17.4. The predicted molar refractivity (Wildman–Crippen MR) is 94.8 cm³/mol. The molecule has 1 aromatic heterocycles. The van der Waals surface area contributed by atoms with Gasteiger partial charge in [0.2, 0.25) is 0 Å². The van der Waals surface area contributed by atoms with Crippen LogP contribution in [0.3, 0.4) is 0 Å². The molecule has 0 saturated heterocycles. The minimum absolute atomic E-state index is 0.0784. The molecule has 0 atom stereocenters. The highest BCUT2D eigenvalue weighted by atomic mass is 35.5. The van der Waals surface area contributed by atoms with Crippen molar-refractivity contribution in [3.63, 3.8) is 0 Å². The van der Waals surface area contributed by atoms with Gasteiger partial charge in [0.15, 0.2) is 0 Å². The summed E-state index contributed by atoms with van der Waals surface area (Å²) in [5.41, 5.74) is 2.53. The molecule has 3 aromatic rings. The molecule has 2 aromatic carbocycles. The number of hydrogen-bond acceptors (Lipinski definition) is 3. The summed E-state index contributed by atoms with van der Waals surface area (Å²) in [4.78, 5) is 18.6. The van der Waals surface area contributed by atoms with Crippen LogP contribution in [0.25, 0.3) is 10.6 Å². The molecular formula is C18H15ClN2OS. The number of carbonyl (C=O) groups excluding carboxylic acids is 1. The van der Waals surface area contributed by atoms with Gasteiger partial charge in [0, 0.05) is 29.6 Å². The van der Waals surface area contributed by atoms with Gasteiger partial charge in [0.1, 0.15) is 10.7 Å². The lowest BCUT2D eigenvalue weighted by Gasteiger charge is -2.15. The lowest BCUT2D eigenvalue weighted by atomic mass is 10.2. The van der Waals surface area contributed by atoms with E-state index in [1.807, 2.05) is 54.6 Å². The third-order valence-electron chi connectivity index (χ3n) is 3.42. The Balaban J connectivity index is 1.74. The van der Waals surface area contributed by atoms with Crippen molar-refractivity contribution in [2.75, 3.05) is 7.05 Å². The first-order valence-electron chi connectivity index (χ1n) is 7.14. The summed E-state index contributed by atoms with van der Waals surface area (Å²) in [5, 5.41) is 3.30. The van der Waals surface area contributed by atoms with Crippen molar-refractivity contribution in [3.8, 4) is 10.6 Å². The van der Waals surface area contributed by atoms with E-state index in [9.17, 15) is 4.79 Å². The first-order valence-corrected chi connectivity index (χ1v) is 8.40. The number of thiazole rings is 1. The van der Waals surface area contributed by atoms with Crippen molar-refractivity contribution in [1.29, 1.82) is 0 Å². The van der Waals surface area contributed by atoms with Gasteiger partial charge >= 0.3 is 0 Å². The average molecular weight is 343 g/mol. The molecule has 0 N–H and O–H groups in total. The molecule has 0 aliphatic rings. The minimum Gasteiger partial charge on any atom is -0.336 e. The van der Waals surface area contributed by atoms with Gasteiger partial charge in [-0.3, -0.25) is 4.79 Å². The zero-order chi connectivity index (χ0) is 16.2. The molecule has 0 fully saturated rings. The third kappa shape index (κ3) is 3.78. The highest BCUT2D eigenvalue weighted by Crippen LogP contribution is 2.25. The third-order valence-corrected chi connectivity index (χ3v) is 4.57. The van der Waals surface area contributed by atoms with Crippen LogP contribution in [0.5, 0.6) is 0 Å². The molecule has 116 valence electrons. The Hall–Kier alpha value is -2.17. The maximum atomic E-state index is 12.5. The van der Waals surface area contributed by atoms with E-state index in [4.69, 9.17) is 11.6 Å². The first kappa shape index (κ1) is 15.7. The molecule has 23 heavy (non-hydrogen) atoms. The molecule has 0 radical (unpaired) electrons. The van der Waals surface area contributed by atoms with Crippen molar-refractivity contribution in [2.45, 2.75) is 6.54 Å². The van der Waals surface area contributed by atoms with Gasteiger partial charge in [-0.05, 0) is 17.7 Å². The average Bonchev–Trinajstić information content (AvgIpc) is 3.05. The van der Waals surface area contributed by atoms with Crippen LogP contribution in [0.2, 0.25) is 5.02 Å². The Kier molecular flexibility index (Phi) is 4.74. The van der Waals surface area contributed by atoms with Crippen LogP contribution < -0.4 is 0 Å². The SMILES string of the molecule is CN(Cc1ccccc1)C(=O)c1csc(-c2ccc(Cl)cc2)n1. The molecule has 0 unspecified atom stereocenters. The molecule has 0 aliphatic carbocycles. The van der Waals surface area contributed by atoms with E-state index < -0.39 is 0 Å². The smallest absolute Gasteiger partial charge is 0.273 e. The second kappa shape index (κ2) is 6.94. The lowest BCUT2D eigenvalue weighted by Crippen LogP contribution is -2.26. The molecule has 0 bridgehead atoms. The second-order valence-corrected chi connectivity index (χ2v) is 6.49. The number of halogens is 1. The Morgan fingerprint density at radius 1 is 1.13 bits per heavy atom. The van der Waals surface area contributed by atoms with Crippen LogP contribution in [0, 0.1) is 0 Å². The van der Waals surface area contributed by atoms with E-state index in [-0.39, 0.29) is 5.91 Å². The number of benzene rings is 2. The molecule has 5 heteroatoms. The van der Waals surface area contributed by atoms with Gasteiger partial charge in [0.05, 0.1) is 0 Å². The second-order valence-electron chi connectivity index (χ2n) is 5.19. The van der Waals surface area contributed by atoms with Crippen molar-refractivity contribution < 1.29 is 4.79 Å². The van der Waals surface area contributed by atoms with E-state index in [0.29, 0.717) is 17.3 Å². The predicted octanol–water partition coefficient (Wildman–Crippen LogP) is 4.74. The molecule has 0 spiro atoms. The van der Waals surface area contributed by atoms with Crippen LogP contribution in [0.1, 0.15) is 16.1 Å². The van der Waals surface area contributed by atoms with Gasteiger partial charge in [0.25, 0.3) is 5.91 Å². The number of nitrogens with zero attached hydrogens (tertiary/aromatic N) is 2. The Morgan fingerprint density at radius 3 is 2.52 bits per heavy atom. The van der Waals surface area contributed by atoms with E-state index in [1.54, 1.807) is 17.3 Å². The molecule has 3 nitrogen and oxygen atoms in total. The monoisotopic (exact) mass is 342 g/mol. The summed E-state index contributed by atoms with van der Waals surface area (Å²) < 4.78 is 0. The molecule has 1 heterocycles. The number of rotatable bonds is 4. The minimum atomic E-state index is -0.0784. The van der Waals surface area contributed by atoms with Crippen LogP contribution in [-0.4, -0.2) is 22.8 Å². The van der Waals surface area contributed by atoms with E-state index in [2.05, 4.69) is 4.98 Å². The van der Waals surface area contributed by atoms with Gasteiger partial charge in [-0.1, -0.05) is 54.1 Å². The highest BCUT2D eigenvalue weighted by molar-refractivity contribution is 7.13. The molecule has 0 aliphatic heterocycles. The topological polar surface area (TPSA) is 33.2 Å². The lowest BCUT2D eigenvalue weighted by molar-refractivity contribution is 0.0780. The summed E-state index contributed by atoms with van der Waals surface area (Å²) in [7, 11) is 1.79. The maximum absolute atomic E-state index is 12.5. The van der Waals surface area contributed by atoms with Gasteiger partial charge in [-0.2, -0.15) is 0 Å².